The van der Waals surface area contributed by atoms with Gasteiger partial charge in [-0.1, -0.05) is 17.7 Å². The fourth-order valence-corrected chi connectivity index (χ4v) is 4.27. The van der Waals surface area contributed by atoms with Gasteiger partial charge in [-0.3, -0.25) is 14.3 Å². The van der Waals surface area contributed by atoms with Gasteiger partial charge < -0.3 is 9.84 Å². The van der Waals surface area contributed by atoms with E-state index in [1.165, 1.54) is 17.6 Å². The second kappa shape index (κ2) is 10.3. The van der Waals surface area contributed by atoms with Crippen molar-refractivity contribution in [3.63, 3.8) is 0 Å². The summed E-state index contributed by atoms with van der Waals surface area (Å²) in [5.74, 6) is -1.30. The van der Waals surface area contributed by atoms with E-state index < -0.39 is 22.8 Å². The Kier molecular flexibility index (Phi) is 7.41. The number of rotatable bonds is 6. The van der Waals surface area contributed by atoms with Gasteiger partial charge >= 0.3 is 0 Å². The quantitative estimate of drug-likeness (QED) is 0.313. The highest BCUT2D eigenvalue weighted by Gasteiger charge is 2.21. The van der Waals surface area contributed by atoms with E-state index in [0.29, 0.717) is 28.5 Å². The average molecular weight is 540 g/mol. The summed E-state index contributed by atoms with van der Waals surface area (Å²) < 4.78 is 34.9. The van der Waals surface area contributed by atoms with Crippen LogP contribution in [0.15, 0.2) is 47.4 Å². The number of hydrogen-bond donors (Lipinski definition) is 1. The third kappa shape index (κ3) is 5.33. The first kappa shape index (κ1) is 27.4. The van der Waals surface area contributed by atoms with Gasteiger partial charge in [-0.2, -0.15) is 0 Å². The highest BCUT2D eigenvalue weighted by Crippen LogP contribution is 2.29. The Labute approximate surface area is 224 Å². The lowest BCUT2D eigenvalue weighted by Gasteiger charge is -2.19. The number of ether oxygens (including phenoxy) is 1. The summed E-state index contributed by atoms with van der Waals surface area (Å²) in [6, 6.07) is 9.13. The third-order valence-corrected chi connectivity index (χ3v) is 6.64. The van der Waals surface area contributed by atoms with Crippen LogP contribution in [0.3, 0.4) is 0 Å². The van der Waals surface area contributed by atoms with Gasteiger partial charge in [-0.05, 0) is 76.4 Å². The molecular formula is C29H28ClF2N3O3. The first-order valence-electron chi connectivity index (χ1n) is 11.9. The zero-order valence-corrected chi connectivity index (χ0v) is 22.7. The van der Waals surface area contributed by atoms with Crippen LogP contribution in [0, 0.1) is 39.3 Å². The van der Waals surface area contributed by atoms with Crippen LogP contribution in [0.1, 0.15) is 47.5 Å². The van der Waals surface area contributed by atoms with Gasteiger partial charge in [-0.25, -0.2) is 13.8 Å². The molecule has 0 spiro atoms. The Balaban J connectivity index is 1.75. The van der Waals surface area contributed by atoms with E-state index in [4.69, 9.17) is 16.3 Å². The summed E-state index contributed by atoms with van der Waals surface area (Å²) in [6.07, 6.45) is 1.65. The second-order valence-corrected chi connectivity index (χ2v) is 10.2. The number of hydrogen-bond acceptors (Lipinski definition) is 5. The van der Waals surface area contributed by atoms with E-state index in [1.807, 2.05) is 19.9 Å². The molecule has 0 amide bonds. The minimum absolute atomic E-state index is 0.0918. The third-order valence-electron chi connectivity index (χ3n) is 6.29. The van der Waals surface area contributed by atoms with E-state index in [2.05, 4.69) is 9.97 Å². The Hall–Kier alpha value is -3.62. The first-order valence-corrected chi connectivity index (χ1v) is 12.3. The van der Waals surface area contributed by atoms with Crippen molar-refractivity contribution in [3.05, 3.63) is 103 Å². The molecule has 6 nitrogen and oxygen atoms in total. The summed E-state index contributed by atoms with van der Waals surface area (Å²) in [6.45, 7) is 10.1. The molecule has 3 aromatic heterocycles. The minimum atomic E-state index is -1.14. The fraction of sp³-hybridized carbons (Fsp3) is 0.276. The van der Waals surface area contributed by atoms with E-state index in [-0.39, 0.29) is 28.5 Å². The van der Waals surface area contributed by atoms with Crippen LogP contribution in [0.5, 0.6) is 5.75 Å². The molecule has 0 aliphatic rings. The van der Waals surface area contributed by atoms with Crippen molar-refractivity contribution in [1.29, 1.82) is 0 Å². The Morgan fingerprint density at radius 3 is 2.39 bits per heavy atom. The number of halogens is 3. The molecule has 9 heteroatoms. The van der Waals surface area contributed by atoms with Crippen molar-refractivity contribution >= 4 is 11.6 Å². The molecule has 0 aliphatic heterocycles. The average Bonchev–Trinajstić information content (AvgIpc) is 2.84. The molecule has 1 aromatic carbocycles. The van der Waals surface area contributed by atoms with Crippen molar-refractivity contribution in [1.82, 2.24) is 14.5 Å². The molecule has 0 saturated heterocycles. The molecule has 0 saturated carbocycles. The van der Waals surface area contributed by atoms with Crippen molar-refractivity contribution in [2.75, 3.05) is 0 Å². The summed E-state index contributed by atoms with van der Waals surface area (Å²) >= 11 is 6.42. The largest absolute Gasteiger partial charge is 0.487 e. The van der Waals surface area contributed by atoms with Crippen molar-refractivity contribution in [2.24, 2.45) is 0 Å². The molecule has 0 fully saturated rings. The first-order chi connectivity index (χ1) is 17.8. The van der Waals surface area contributed by atoms with Crippen LogP contribution in [0.25, 0.3) is 17.1 Å². The van der Waals surface area contributed by atoms with Gasteiger partial charge in [0.2, 0.25) is 0 Å². The second-order valence-electron chi connectivity index (χ2n) is 9.86. The number of benzene rings is 1. The normalized spacial score (nSPS) is 11.6. The number of aryl methyl sites for hydroxylation is 4. The maximum atomic E-state index is 14.2. The molecule has 0 aliphatic carbocycles. The van der Waals surface area contributed by atoms with Gasteiger partial charge in [0.05, 0.1) is 22.8 Å². The highest BCUT2D eigenvalue weighted by molar-refractivity contribution is 6.31. The van der Waals surface area contributed by atoms with Crippen LogP contribution >= 0.6 is 11.6 Å². The maximum absolute atomic E-state index is 14.2. The van der Waals surface area contributed by atoms with Gasteiger partial charge in [0, 0.05) is 29.6 Å². The van der Waals surface area contributed by atoms with Gasteiger partial charge in [0.15, 0.2) is 0 Å². The predicted molar refractivity (Wildman–Crippen MR) is 143 cm³/mol. The number of aliphatic hydroxyl groups is 1. The molecule has 198 valence electrons. The summed E-state index contributed by atoms with van der Waals surface area (Å²) in [5.41, 5.74) is 3.04. The zero-order chi connectivity index (χ0) is 27.9. The molecule has 4 rings (SSSR count). The Morgan fingerprint density at radius 2 is 1.71 bits per heavy atom. The molecule has 0 bridgehead atoms. The van der Waals surface area contributed by atoms with Crippen molar-refractivity contribution in [2.45, 2.75) is 53.8 Å². The van der Waals surface area contributed by atoms with Crippen LogP contribution in [-0.2, 0) is 12.2 Å². The number of pyridine rings is 3. The van der Waals surface area contributed by atoms with Gasteiger partial charge in [-0.15, -0.1) is 0 Å². The molecule has 3 heterocycles. The summed E-state index contributed by atoms with van der Waals surface area (Å²) in [7, 11) is 0. The van der Waals surface area contributed by atoms with Crippen LogP contribution < -0.4 is 10.3 Å². The lowest BCUT2D eigenvalue weighted by Crippen LogP contribution is -2.23. The Bertz CT molecular complexity index is 1610. The monoisotopic (exact) mass is 539 g/mol. The van der Waals surface area contributed by atoms with Gasteiger partial charge in [0.25, 0.3) is 5.56 Å². The van der Waals surface area contributed by atoms with Crippen LogP contribution in [0.2, 0.25) is 5.02 Å². The van der Waals surface area contributed by atoms with Crippen molar-refractivity contribution in [3.8, 4) is 22.8 Å². The standard InChI is InChI=1S/C29H28ClF2N3O3/c1-15-7-8-25(29(5,6)37)34-27(15)22-12-23(17(3)13-33-22)35-18(4)10-24(26(30)28(35)36)38-14-19-9-16(2)20(31)11-21(19)32/h7-13,37H,14H2,1-6H3. The van der Waals surface area contributed by atoms with E-state index in [0.717, 1.165) is 17.2 Å². The predicted octanol–water partition coefficient (Wildman–Crippen LogP) is 6.27. The molecule has 4 aromatic rings. The minimum Gasteiger partial charge on any atom is -0.487 e. The van der Waals surface area contributed by atoms with Gasteiger partial charge in [0.1, 0.15) is 34.6 Å². The van der Waals surface area contributed by atoms with Crippen LogP contribution in [-0.4, -0.2) is 19.6 Å². The smallest absolute Gasteiger partial charge is 0.277 e. The number of nitrogens with zero attached hydrogens (tertiary/aromatic N) is 3. The molecule has 1 N–H and O–H groups in total. The molecule has 38 heavy (non-hydrogen) atoms. The molecule has 0 unspecified atom stereocenters. The SMILES string of the molecule is Cc1cc(COc2cc(C)n(-c3cc(-c4nc(C(C)(C)O)ccc4C)ncc3C)c(=O)c2Cl)c(F)cc1F. The lowest BCUT2D eigenvalue weighted by atomic mass is 10.0. The number of aromatic nitrogens is 3. The van der Waals surface area contributed by atoms with E-state index in [1.54, 1.807) is 45.2 Å². The highest BCUT2D eigenvalue weighted by atomic mass is 35.5. The maximum Gasteiger partial charge on any atom is 0.277 e. The van der Waals surface area contributed by atoms with E-state index >= 15 is 0 Å². The van der Waals surface area contributed by atoms with E-state index in [9.17, 15) is 18.7 Å². The molecule has 0 atom stereocenters. The fourth-order valence-electron chi connectivity index (χ4n) is 4.08. The lowest BCUT2D eigenvalue weighted by molar-refractivity contribution is 0.0739. The topological polar surface area (TPSA) is 77.2 Å². The summed E-state index contributed by atoms with van der Waals surface area (Å²) in [5, 5.41) is 10.2. The van der Waals surface area contributed by atoms with Crippen LogP contribution in [0.4, 0.5) is 8.78 Å². The summed E-state index contributed by atoms with van der Waals surface area (Å²) in [4.78, 5) is 22.5. The Morgan fingerprint density at radius 1 is 1.00 bits per heavy atom. The molecular weight excluding hydrogens is 512 g/mol. The zero-order valence-electron chi connectivity index (χ0n) is 22.0. The molecule has 0 radical (unpaired) electrons. The van der Waals surface area contributed by atoms with Crippen molar-refractivity contribution < 1.29 is 18.6 Å².